The maximum Gasteiger partial charge on any atom is 0.0904 e. The van der Waals surface area contributed by atoms with Crippen molar-refractivity contribution in [2.75, 3.05) is 0 Å². The summed E-state index contributed by atoms with van der Waals surface area (Å²) in [5.74, 6) is 0. The molecule has 0 radical (unpaired) electrons. The summed E-state index contributed by atoms with van der Waals surface area (Å²) in [6.07, 6.45) is 0. The van der Waals surface area contributed by atoms with Gasteiger partial charge in [-0.1, -0.05) is 50.1 Å². The van der Waals surface area contributed by atoms with Crippen LogP contribution in [0.4, 0.5) is 0 Å². The SMILES string of the molecule is C[Si](C)(C)c1cc2c(s1)-c1sc3cc([Si](C)(C)C)sc3c1SS2. The lowest BCUT2D eigenvalue weighted by molar-refractivity contribution is 1.56. The summed E-state index contributed by atoms with van der Waals surface area (Å²) in [7, 11) is 1.55. The molecule has 122 valence electrons. The Morgan fingerprint density at radius 2 is 1.35 bits per heavy atom. The molecule has 4 heterocycles. The summed E-state index contributed by atoms with van der Waals surface area (Å²) >= 11 is 6.16. The summed E-state index contributed by atoms with van der Waals surface area (Å²) < 4.78 is 6.35. The Morgan fingerprint density at radius 3 is 2.00 bits per heavy atom. The Labute approximate surface area is 160 Å². The molecule has 1 aliphatic rings. The number of hydrogen-bond acceptors (Lipinski definition) is 5. The first kappa shape index (κ1) is 16.9. The molecule has 0 N–H and O–H groups in total. The van der Waals surface area contributed by atoms with Gasteiger partial charge in [0, 0.05) is 9.60 Å². The highest BCUT2D eigenvalue weighted by atomic mass is 33.1. The van der Waals surface area contributed by atoms with Gasteiger partial charge in [-0.25, -0.2) is 0 Å². The van der Waals surface area contributed by atoms with E-state index in [4.69, 9.17) is 0 Å². The molecule has 0 atom stereocenters. The van der Waals surface area contributed by atoms with E-state index in [1.807, 2.05) is 32.9 Å². The Bertz CT molecular complexity index is 902. The molecule has 0 bridgehead atoms. The van der Waals surface area contributed by atoms with Gasteiger partial charge < -0.3 is 0 Å². The number of rotatable bonds is 2. The third-order valence-electron chi connectivity index (χ3n) is 3.92. The number of fused-ring (bicyclic) bond motifs is 5. The smallest absolute Gasteiger partial charge is 0.0904 e. The van der Waals surface area contributed by atoms with Crippen LogP contribution in [0.5, 0.6) is 0 Å². The van der Waals surface area contributed by atoms with Crippen molar-refractivity contribution < 1.29 is 0 Å². The molecule has 0 aliphatic carbocycles. The maximum atomic E-state index is 2.49. The van der Waals surface area contributed by atoms with Crippen molar-refractivity contribution in [3.63, 3.8) is 0 Å². The van der Waals surface area contributed by atoms with Crippen molar-refractivity contribution in [3.8, 4) is 9.75 Å². The molecule has 0 aromatic carbocycles. The van der Waals surface area contributed by atoms with E-state index >= 15 is 0 Å². The van der Waals surface area contributed by atoms with Crippen molar-refractivity contribution in [2.24, 2.45) is 0 Å². The van der Waals surface area contributed by atoms with Crippen LogP contribution >= 0.6 is 55.6 Å². The standard InChI is InChI=1S/C16H20S5Si2/c1-22(2,3)11-7-9-13(18-11)16-15(17-9)14-10(20-21-16)8-12(19-14)23(4,5)6/h7-8H,1-6H3. The van der Waals surface area contributed by atoms with Crippen LogP contribution in [0, 0.1) is 0 Å². The minimum Gasteiger partial charge on any atom is -0.143 e. The first-order valence-corrected chi connectivity index (χ1v) is 19.3. The second-order valence-corrected chi connectivity index (χ2v) is 24.2. The third-order valence-corrected chi connectivity index (χ3v) is 17.6. The second-order valence-electron chi connectivity index (χ2n) is 8.04. The van der Waals surface area contributed by atoms with Crippen LogP contribution in [-0.2, 0) is 0 Å². The average Bonchev–Trinajstić information content (AvgIpc) is 3.07. The molecule has 0 saturated carbocycles. The highest BCUT2D eigenvalue weighted by Crippen LogP contribution is 2.59. The van der Waals surface area contributed by atoms with E-state index < -0.39 is 16.1 Å². The Kier molecular flexibility index (Phi) is 4.04. The van der Waals surface area contributed by atoms with E-state index in [9.17, 15) is 0 Å². The lowest BCUT2D eigenvalue weighted by atomic mass is 10.3. The van der Waals surface area contributed by atoms with Gasteiger partial charge in [-0.3, -0.25) is 0 Å². The predicted octanol–water partition coefficient (Wildman–Crippen LogP) is 6.89. The maximum absolute atomic E-state index is 2.49. The van der Waals surface area contributed by atoms with Gasteiger partial charge in [0.1, 0.15) is 0 Å². The van der Waals surface area contributed by atoms with E-state index in [2.05, 4.69) is 74.1 Å². The van der Waals surface area contributed by atoms with E-state index in [0.29, 0.717) is 0 Å². The van der Waals surface area contributed by atoms with Crippen LogP contribution < -0.4 is 9.00 Å². The molecular weight excluding hydrogens is 409 g/mol. The highest BCUT2D eigenvalue weighted by molar-refractivity contribution is 8.77. The lowest BCUT2D eigenvalue weighted by Gasteiger charge is -2.13. The summed E-state index contributed by atoms with van der Waals surface area (Å²) in [5.41, 5.74) is 0. The van der Waals surface area contributed by atoms with Crippen LogP contribution in [0.1, 0.15) is 0 Å². The molecule has 4 rings (SSSR count). The van der Waals surface area contributed by atoms with Crippen molar-refractivity contribution in [3.05, 3.63) is 12.1 Å². The molecule has 3 aromatic heterocycles. The molecular formula is C16H20S5Si2. The van der Waals surface area contributed by atoms with Gasteiger partial charge in [0.15, 0.2) is 0 Å². The predicted molar refractivity (Wildman–Crippen MR) is 121 cm³/mol. The van der Waals surface area contributed by atoms with Crippen LogP contribution in [0.2, 0.25) is 39.3 Å². The van der Waals surface area contributed by atoms with Crippen LogP contribution in [0.25, 0.3) is 19.2 Å². The first-order chi connectivity index (χ1) is 10.6. The molecule has 0 nitrogen and oxygen atoms in total. The molecule has 0 amide bonds. The van der Waals surface area contributed by atoms with E-state index in [1.54, 1.807) is 28.4 Å². The van der Waals surface area contributed by atoms with Crippen molar-refractivity contribution in [1.82, 2.24) is 0 Å². The zero-order valence-corrected chi connectivity index (χ0v) is 20.3. The number of hydrogen-bond donors (Lipinski definition) is 0. The van der Waals surface area contributed by atoms with Crippen molar-refractivity contribution in [2.45, 2.75) is 49.1 Å². The minimum atomic E-state index is -1.22. The van der Waals surface area contributed by atoms with Gasteiger partial charge in [0.25, 0.3) is 0 Å². The van der Waals surface area contributed by atoms with E-state index in [0.717, 1.165) is 0 Å². The van der Waals surface area contributed by atoms with Crippen LogP contribution in [-0.4, -0.2) is 16.1 Å². The summed E-state index contributed by atoms with van der Waals surface area (Å²) in [6, 6.07) is 4.97. The summed E-state index contributed by atoms with van der Waals surface area (Å²) in [4.78, 5) is 6.14. The highest BCUT2D eigenvalue weighted by Gasteiger charge is 2.30. The first-order valence-electron chi connectivity index (χ1n) is 7.70. The average molecular weight is 429 g/mol. The van der Waals surface area contributed by atoms with Gasteiger partial charge in [-0.15, -0.1) is 34.0 Å². The van der Waals surface area contributed by atoms with E-state index in [-0.39, 0.29) is 0 Å². The minimum absolute atomic E-state index is 1.20. The zero-order chi connectivity index (χ0) is 16.6. The molecule has 0 fully saturated rings. The fourth-order valence-corrected chi connectivity index (χ4v) is 13.9. The normalized spacial score (nSPS) is 15.0. The van der Waals surface area contributed by atoms with Gasteiger partial charge in [0.05, 0.1) is 35.5 Å². The Balaban J connectivity index is 1.87. The zero-order valence-electron chi connectivity index (χ0n) is 14.2. The third kappa shape index (κ3) is 2.86. The molecule has 0 spiro atoms. The van der Waals surface area contributed by atoms with E-state index in [1.165, 1.54) is 9.60 Å². The van der Waals surface area contributed by atoms with Gasteiger partial charge in [-0.2, -0.15) is 0 Å². The van der Waals surface area contributed by atoms with Crippen LogP contribution in [0.15, 0.2) is 21.9 Å². The topological polar surface area (TPSA) is 0 Å². The molecule has 23 heavy (non-hydrogen) atoms. The monoisotopic (exact) mass is 428 g/mol. The summed E-state index contributed by atoms with van der Waals surface area (Å²) in [6.45, 7) is 14.7. The summed E-state index contributed by atoms with van der Waals surface area (Å²) in [5, 5.41) is 0. The molecule has 0 unspecified atom stereocenters. The lowest BCUT2D eigenvalue weighted by Crippen LogP contribution is -2.34. The fourth-order valence-electron chi connectivity index (χ4n) is 2.51. The molecule has 0 saturated heterocycles. The van der Waals surface area contributed by atoms with Crippen molar-refractivity contribution >= 4 is 90.1 Å². The van der Waals surface area contributed by atoms with Crippen LogP contribution in [0.3, 0.4) is 0 Å². The quantitative estimate of drug-likeness (QED) is 0.322. The van der Waals surface area contributed by atoms with Gasteiger partial charge >= 0.3 is 0 Å². The van der Waals surface area contributed by atoms with Crippen molar-refractivity contribution in [1.29, 1.82) is 0 Å². The largest absolute Gasteiger partial charge is 0.143 e. The number of thiophene rings is 3. The molecule has 1 aliphatic heterocycles. The fraction of sp³-hybridized carbons (Fsp3) is 0.375. The Hall–Kier alpha value is 0.494. The Morgan fingerprint density at radius 1 is 0.696 bits per heavy atom. The molecule has 7 heteroatoms. The van der Waals surface area contributed by atoms with Gasteiger partial charge in [-0.05, 0) is 31.9 Å². The second kappa shape index (κ2) is 5.49. The molecule has 3 aromatic rings. The van der Waals surface area contributed by atoms with Gasteiger partial charge in [0.2, 0.25) is 0 Å².